The molecule has 2 rings (SSSR count). The predicted molar refractivity (Wildman–Crippen MR) is 82.0 cm³/mol. The van der Waals surface area contributed by atoms with E-state index in [0.29, 0.717) is 18.2 Å². The molecule has 0 aliphatic heterocycles. The van der Waals surface area contributed by atoms with Crippen molar-refractivity contribution in [2.45, 2.75) is 12.6 Å². The van der Waals surface area contributed by atoms with E-state index in [4.69, 9.17) is 16.3 Å². The number of aromatic nitrogens is 2. The second-order valence-electron chi connectivity index (χ2n) is 4.00. The molecule has 0 aliphatic rings. The summed E-state index contributed by atoms with van der Waals surface area (Å²) in [6.07, 6.45) is 1.68. The number of halogens is 2. The highest BCUT2D eigenvalue weighted by molar-refractivity contribution is 9.11. The van der Waals surface area contributed by atoms with E-state index >= 15 is 0 Å². The highest BCUT2D eigenvalue weighted by Gasteiger charge is 2.21. The lowest BCUT2D eigenvalue weighted by molar-refractivity contribution is 0.182. The van der Waals surface area contributed by atoms with Crippen LogP contribution in [0.25, 0.3) is 0 Å². The molecular weight excluding hydrogens is 350 g/mol. The van der Waals surface area contributed by atoms with Gasteiger partial charge >= 0.3 is 0 Å². The van der Waals surface area contributed by atoms with E-state index in [0.717, 1.165) is 9.48 Å². The minimum Gasteiger partial charge on any atom is -0.383 e. The van der Waals surface area contributed by atoms with Crippen LogP contribution in [-0.2, 0) is 11.3 Å². The maximum Gasteiger partial charge on any atom is 0.0837 e. The molecule has 2 aromatic heterocycles. The molecule has 0 amide bonds. The Morgan fingerprint density at radius 2 is 2.42 bits per heavy atom. The van der Waals surface area contributed by atoms with Gasteiger partial charge in [0.2, 0.25) is 0 Å². The summed E-state index contributed by atoms with van der Waals surface area (Å²) < 4.78 is 8.09. The number of methoxy groups -OCH3 is 1. The zero-order valence-corrected chi connectivity index (χ0v) is 13.8. The fourth-order valence-corrected chi connectivity index (χ4v) is 3.40. The SMILES string of the molecule is CNC(c1csc(Br)c1)c1c(Cl)cnn1CCOC. The summed E-state index contributed by atoms with van der Waals surface area (Å²) in [5, 5.41) is 10.4. The Kier molecular flexibility index (Phi) is 5.41. The molecule has 0 spiro atoms. The smallest absolute Gasteiger partial charge is 0.0837 e. The Morgan fingerprint density at radius 1 is 1.63 bits per heavy atom. The van der Waals surface area contributed by atoms with Gasteiger partial charge in [0.1, 0.15) is 0 Å². The lowest BCUT2D eigenvalue weighted by Crippen LogP contribution is -2.22. The fourth-order valence-electron chi connectivity index (χ4n) is 1.95. The van der Waals surface area contributed by atoms with Crippen molar-refractivity contribution >= 4 is 38.9 Å². The van der Waals surface area contributed by atoms with E-state index in [1.54, 1.807) is 24.6 Å². The van der Waals surface area contributed by atoms with Gasteiger partial charge in [-0.1, -0.05) is 11.6 Å². The molecule has 0 saturated heterocycles. The molecule has 1 unspecified atom stereocenters. The molecule has 0 bridgehead atoms. The number of ether oxygens (including phenoxy) is 1. The largest absolute Gasteiger partial charge is 0.383 e. The van der Waals surface area contributed by atoms with Crippen molar-refractivity contribution < 1.29 is 4.74 Å². The van der Waals surface area contributed by atoms with Crippen molar-refractivity contribution in [3.05, 3.63) is 37.7 Å². The third-order valence-corrected chi connectivity index (χ3v) is 4.64. The molecule has 19 heavy (non-hydrogen) atoms. The molecule has 2 aromatic rings. The molecule has 7 heteroatoms. The molecule has 0 saturated carbocycles. The van der Waals surface area contributed by atoms with Gasteiger partial charge < -0.3 is 10.1 Å². The lowest BCUT2D eigenvalue weighted by Gasteiger charge is -2.17. The second-order valence-corrected chi connectivity index (χ2v) is 6.70. The molecule has 0 aliphatic carbocycles. The second kappa shape index (κ2) is 6.85. The number of thiophene rings is 1. The third-order valence-electron chi connectivity index (χ3n) is 2.82. The summed E-state index contributed by atoms with van der Waals surface area (Å²) >= 11 is 11.4. The van der Waals surface area contributed by atoms with Gasteiger partial charge in [0.15, 0.2) is 0 Å². The number of nitrogens with one attached hydrogen (secondary N) is 1. The highest BCUT2D eigenvalue weighted by Crippen LogP contribution is 2.32. The van der Waals surface area contributed by atoms with E-state index < -0.39 is 0 Å². The van der Waals surface area contributed by atoms with Crippen LogP contribution in [0.15, 0.2) is 21.4 Å². The average Bonchev–Trinajstić information content (AvgIpc) is 2.97. The van der Waals surface area contributed by atoms with Crippen LogP contribution in [0.4, 0.5) is 0 Å². The van der Waals surface area contributed by atoms with Crippen LogP contribution in [-0.4, -0.2) is 30.5 Å². The Balaban J connectivity index is 2.34. The predicted octanol–water partition coefficient (Wildman–Crippen LogP) is 3.32. The van der Waals surface area contributed by atoms with Crippen LogP contribution in [0.1, 0.15) is 17.3 Å². The van der Waals surface area contributed by atoms with Gasteiger partial charge in [-0.15, -0.1) is 11.3 Å². The van der Waals surface area contributed by atoms with Gasteiger partial charge in [-0.3, -0.25) is 4.68 Å². The fraction of sp³-hybridized carbons (Fsp3) is 0.417. The van der Waals surface area contributed by atoms with Crippen molar-refractivity contribution in [1.29, 1.82) is 0 Å². The molecule has 104 valence electrons. The molecule has 1 atom stereocenters. The first kappa shape index (κ1) is 15.0. The summed E-state index contributed by atoms with van der Waals surface area (Å²) in [6.45, 7) is 1.29. The highest BCUT2D eigenvalue weighted by atomic mass is 79.9. The molecule has 0 fully saturated rings. The first-order valence-corrected chi connectivity index (χ1v) is 7.83. The quantitative estimate of drug-likeness (QED) is 0.854. The third kappa shape index (κ3) is 3.38. The van der Waals surface area contributed by atoms with Crippen molar-refractivity contribution in [3.8, 4) is 0 Å². The van der Waals surface area contributed by atoms with Crippen molar-refractivity contribution in [2.24, 2.45) is 0 Å². The van der Waals surface area contributed by atoms with E-state index in [2.05, 4.69) is 37.8 Å². The van der Waals surface area contributed by atoms with Gasteiger partial charge in [0.25, 0.3) is 0 Å². The first-order valence-electron chi connectivity index (χ1n) is 5.78. The minimum atomic E-state index is 0.0226. The van der Waals surface area contributed by atoms with Crippen LogP contribution in [0.3, 0.4) is 0 Å². The van der Waals surface area contributed by atoms with Crippen LogP contribution in [0, 0.1) is 0 Å². The van der Waals surface area contributed by atoms with Crippen molar-refractivity contribution in [1.82, 2.24) is 15.1 Å². The van der Waals surface area contributed by atoms with Gasteiger partial charge in [-0.05, 0) is 40.0 Å². The van der Waals surface area contributed by atoms with Crippen LogP contribution >= 0.6 is 38.9 Å². The topological polar surface area (TPSA) is 39.1 Å². The molecule has 0 aromatic carbocycles. The molecule has 2 heterocycles. The normalized spacial score (nSPS) is 12.8. The van der Waals surface area contributed by atoms with Gasteiger partial charge in [0.05, 0.1) is 39.9 Å². The van der Waals surface area contributed by atoms with Gasteiger partial charge in [0, 0.05) is 7.11 Å². The molecule has 0 radical (unpaired) electrons. The van der Waals surface area contributed by atoms with E-state index in [-0.39, 0.29) is 6.04 Å². The van der Waals surface area contributed by atoms with Crippen LogP contribution in [0.2, 0.25) is 5.02 Å². The summed E-state index contributed by atoms with van der Waals surface area (Å²) in [5.74, 6) is 0. The molecule has 4 nitrogen and oxygen atoms in total. The maximum atomic E-state index is 6.28. The summed E-state index contributed by atoms with van der Waals surface area (Å²) in [7, 11) is 3.59. The zero-order chi connectivity index (χ0) is 13.8. The molecule has 1 N–H and O–H groups in total. The van der Waals surface area contributed by atoms with E-state index in [9.17, 15) is 0 Å². The van der Waals surface area contributed by atoms with E-state index in [1.165, 1.54) is 5.56 Å². The number of hydrogen-bond acceptors (Lipinski definition) is 4. The average molecular weight is 365 g/mol. The number of rotatable bonds is 6. The van der Waals surface area contributed by atoms with Crippen LogP contribution in [0.5, 0.6) is 0 Å². The minimum absolute atomic E-state index is 0.0226. The zero-order valence-electron chi connectivity index (χ0n) is 10.7. The Bertz CT molecular complexity index is 543. The van der Waals surface area contributed by atoms with Crippen LogP contribution < -0.4 is 5.32 Å². The standard InChI is InChI=1S/C12H15BrClN3OS/c1-15-11(8-5-10(13)19-7-8)12-9(14)6-16-17(12)3-4-18-2/h5-7,11,15H,3-4H2,1-2H3. The monoisotopic (exact) mass is 363 g/mol. The summed E-state index contributed by atoms with van der Waals surface area (Å²) in [5.41, 5.74) is 2.13. The van der Waals surface area contributed by atoms with E-state index in [1.807, 2.05) is 11.7 Å². The van der Waals surface area contributed by atoms with Gasteiger partial charge in [-0.2, -0.15) is 5.10 Å². The Labute approximate surface area is 129 Å². The summed E-state index contributed by atoms with van der Waals surface area (Å²) in [4.78, 5) is 0. The Morgan fingerprint density at radius 3 is 3.00 bits per heavy atom. The lowest BCUT2D eigenvalue weighted by atomic mass is 10.1. The number of hydrogen-bond donors (Lipinski definition) is 1. The number of nitrogens with zero attached hydrogens (tertiary/aromatic N) is 2. The first-order chi connectivity index (χ1) is 9.17. The van der Waals surface area contributed by atoms with Crippen molar-refractivity contribution in [3.63, 3.8) is 0 Å². The van der Waals surface area contributed by atoms with Crippen molar-refractivity contribution in [2.75, 3.05) is 20.8 Å². The maximum absolute atomic E-state index is 6.28. The Hall–Kier alpha value is -0.400. The molecular formula is C12H15BrClN3OS. The van der Waals surface area contributed by atoms with Gasteiger partial charge in [-0.25, -0.2) is 0 Å². The summed E-state index contributed by atoms with van der Waals surface area (Å²) in [6, 6.07) is 2.12.